The van der Waals surface area contributed by atoms with E-state index in [-0.39, 0.29) is 0 Å². The largest absolute Gasteiger partial charge is 0.0622 e. The van der Waals surface area contributed by atoms with Gasteiger partial charge >= 0.3 is 0 Å². The molecular weight excluding hydrogens is 156 g/mol. The fourth-order valence-corrected chi connectivity index (χ4v) is 2.32. The smallest absolute Gasteiger partial charge is 0.0159 e. The van der Waals surface area contributed by atoms with E-state index < -0.39 is 0 Å². The van der Waals surface area contributed by atoms with Crippen molar-refractivity contribution in [3.8, 4) is 0 Å². The topological polar surface area (TPSA) is 0 Å². The molecule has 0 heterocycles. The monoisotopic (exact) mass is 172 g/mol. The van der Waals surface area contributed by atoms with E-state index in [1.165, 1.54) is 24.8 Å². The highest BCUT2D eigenvalue weighted by Gasteiger charge is 2.23. The zero-order chi connectivity index (χ0) is 9.10. The molecule has 2 atom stereocenters. The standard InChI is InChI=1S/C13H16/c1-2-11-8-9-13(10-11)12-6-4-3-5-7-12/h1,3-7,11,13H,2,8-10H2. The fraction of sp³-hybridized carbons (Fsp3) is 0.462. The first-order valence-electron chi connectivity index (χ1n) is 5.15. The highest BCUT2D eigenvalue weighted by Crippen LogP contribution is 2.39. The minimum absolute atomic E-state index is 0.769. The first-order chi connectivity index (χ1) is 6.40. The summed E-state index contributed by atoms with van der Waals surface area (Å²) in [5.41, 5.74) is 1.50. The molecule has 2 rings (SSSR count). The van der Waals surface area contributed by atoms with Gasteiger partial charge in [0.15, 0.2) is 0 Å². The summed E-state index contributed by atoms with van der Waals surface area (Å²) in [4.78, 5) is 0. The van der Waals surface area contributed by atoms with Crippen molar-refractivity contribution in [1.29, 1.82) is 0 Å². The highest BCUT2D eigenvalue weighted by molar-refractivity contribution is 5.20. The quantitative estimate of drug-likeness (QED) is 0.638. The van der Waals surface area contributed by atoms with Crippen molar-refractivity contribution < 1.29 is 0 Å². The Hall–Kier alpha value is -0.780. The predicted octanol–water partition coefficient (Wildman–Crippen LogP) is 3.67. The molecule has 0 amide bonds. The van der Waals surface area contributed by atoms with Gasteiger partial charge in [0.2, 0.25) is 0 Å². The molecule has 0 nitrogen and oxygen atoms in total. The summed E-state index contributed by atoms with van der Waals surface area (Å²) >= 11 is 0. The normalized spacial score (nSPS) is 27.8. The van der Waals surface area contributed by atoms with Gasteiger partial charge in [-0.15, -0.1) is 0 Å². The van der Waals surface area contributed by atoms with E-state index in [9.17, 15) is 0 Å². The van der Waals surface area contributed by atoms with E-state index in [2.05, 4.69) is 30.3 Å². The van der Waals surface area contributed by atoms with Crippen LogP contribution in [0.25, 0.3) is 0 Å². The molecule has 1 aromatic rings. The summed E-state index contributed by atoms with van der Waals surface area (Å²) in [6, 6.07) is 10.8. The average molecular weight is 172 g/mol. The lowest BCUT2D eigenvalue weighted by Crippen LogP contribution is -1.94. The number of hydrogen-bond acceptors (Lipinski definition) is 0. The van der Waals surface area contributed by atoms with Crippen LogP contribution in [0, 0.1) is 12.8 Å². The third-order valence-electron chi connectivity index (χ3n) is 3.15. The Labute approximate surface area is 81.0 Å². The number of rotatable bonds is 2. The van der Waals surface area contributed by atoms with Crippen molar-refractivity contribution in [2.45, 2.75) is 31.6 Å². The van der Waals surface area contributed by atoms with Gasteiger partial charge in [0, 0.05) is 0 Å². The minimum Gasteiger partial charge on any atom is -0.0622 e. The van der Waals surface area contributed by atoms with Crippen LogP contribution in [-0.4, -0.2) is 0 Å². The molecule has 1 aliphatic carbocycles. The Bertz CT molecular complexity index is 250. The second kappa shape index (κ2) is 3.95. The van der Waals surface area contributed by atoms with Gasteiger partial charge in [-0.3, -0.25) is 0 Å². The SMILES string of the molecule is [CH]CC1CCC(c2ccccc2)C1. The molecular formula is C13H16. The Morgan fingerprint density at radius 3 is 2.54 bits per heavy atom. The predicted molar refractivity (Wildman–Crippen MR) is 55.4 cm³/mol. The Morgan fingerprint density at radius 2 is 1.92 bits per heavy atom. The average Bonchev–Trinajstić information content (AvgIpc) is 2.67. The summed E-state index contributed by atoms with van der Waals surface area (Å²) in [7, 11) is 0. The molecule has 2 radical (unpaired) electrons. The third-order valence-corrected chi connectivity index (χ3v) is 3.15. The first-order valence-corrected chi connectivity index (χ1v) is 5.15. The lowest BCUT2D eigenvalue weighted by atomic mass is 9.96. The molecule has 1 aromatic carbocycles. The van der Waals surface area contributed by atoms with Crippen LogP contribution in [0.1, 0.15) is 37.2 Å². The molecule has 0 N–H and O–H groups in total. The van der Waals surface area contributed by atoms with Crippen molar-refractivity contribution in [1.82, 2.24) is 0 Å². The van der Waals surface area contributed by atoms with Crippen LogP contribution in [-0.2, 0) is 0 Å². The van der Waals surface area contributed by atoms with Crippen molar-refractivity contribution in [3.63, 3.8) is 0 Å². The Morgan fingerprint density at radius 1 is 1.15 bits per heavy atom. The molecule has 0 bridgehead atoms. The summed E-state index contributed by atoms with van der Waals surface area (Å²) in [5, 5.41) is 0. The number of hydrogen-bond donors (Lipinski definition) is 0. The molecule has 1 aliphatic rings. The van der Waals surface area contributed by atoms with Crippen molar-refractivity contribution >= 4 is 0 Å². The van der Waals surface area contributed by atoms with Crippen LogP contribution >= 0.6 is 0 Å². The zero-order valence-corrected chi connectivity index (χ0v) is 7.95. The van der Waals surface area contributed by atoms with Gasteiger partial charge in [-0.1, -0.05) is 30.3 Å². The van der Waals surface area contributed by atoms with Crippen molar-refractivity contribution in [2.75, 3.05) is 0 Å². The highest BCUT2D eigenvalue weighted by atomic mass is 14.3. The van der Waals surface area contributed by atoms with Crippen molar-refractivity contribution in [2.24, 2.45) is 5.92 Å². The van der Waals surface area contributed by atoms with Crippen LogP contribution in [0.3, 0.4) is 0 Å². The second-order valence-corrected chi connectivity index (χ2v) is 4.02. The van der Waals surface area contributed by atoms with Crippen LogP contribution in [0.2, 0.25) is 0 Å². The molecule has 0 saturated heterocycles. The van der Waals surface area contributed by atoms with Crippen LogP contribution in [0.4, 0.5) is 0 Å². The maximum Gasteiger partial charge on any atom is -0.0159 e. The number of benzene rings is 1. The van der Waals surface area contributed by atoms with Crippen LogP contribution in [0.5, 0.6) is 0 Å². The molecule has 1 saturated carbocycles. The van der Waals surface area contributed by atoms with E-state index in [0.717, 1.165) is 18.3 Å². The summed E-state index contributed by atoms with van der Waals surface area (Å²) < 4.78 is 0. The Kier molecular flexibility index (Phi) is 2.68. The van der Waals surface area contributed by atoms with Gasteiger partial charge in [-0.25, -0.2) is 0 Å². The first kappa shape index (κ1) is 8.80. The molecule has 0 heteroatoms. The maximum absolute atomic E-state index is 5.67. The summed E-state index contributed by atoms with van der Waals surface area (Å²) in [5.74, 6) is 1.54. The van der Waals surface area contributed by atoms with Gasteiger partial charge in [0.25, 0.3) is 0 Å². The molecule has 1 fully saturated rings. The Balaban J connectivity index is 2.04. The van der Waals surface area contributed by atoms with Gasteiger partial charge in [-0.2, -0.15) is 0 Å². The lowest BCUT2D eigenvalue weighted by molar-refractivity contribution is 0.545. The molecule has 0 aromatic heterocycles. The molecule has 2 unspecified atom stereocenters. The molecule has 0 aliphatic heterocycles. The lowest BCUT2D eigenvalue weighted by Gasteiger charge is -2.09. The second-order valence-electron chi connectivity index (χ2n) is 4.02. The summed E-state index contributed by atoms with van der Waals surface area (Å²) in [6.45, 7) is 5.67. The molecule has 0 spiro atoms. The van der Waals surface area contributed by atoms with Gasteiger partial charge in [-0.05, 0) is 50.0 Å². The van der Waals surface area contributed by atoms with E-state index in [4.69, 9.17) is 6.92 Å². The fourth-order valence-electron chi connectivity index (χ4n) is 2.32. The van der Waals surface area contributed by atoms with Crippen LogP contribution < -0.4 is 0 Å². The van der Waals surface area contributed by atoms with Gasteiger partial charge in [0.1, 0.15) is 0 Å². The minimum atomic E-state index is 0.769. The van der Waals surface area contributed by atoms with E-state index in [1.54, 1.807) is 0 Å². The summed E-state index contributed by atoms with van der Waals surface area (Å²) in [6.07, 6.45) is 4.80. The van der Waals surface area contributed by atoms with E-state index >= 15 is 0 Å². The zero-order valence-electron chi connectivity index (χ0n) is 7.95. The van der Waals surface area contributed by atoms with Crippen molar-refractivity contribution in [3.05, 3.63) is 42.8 Å². The van der Waals surface area contributed by atoms with E-state index in [1.807, 2.05) is 0 Å². The van der Waals surface area contributed by atoms with Gasteiger partial charge < -0.3 is 0 Å². The van der Waals surface area contributed by atoms with E-state index in [0.29, 0.717) is 0 Å². The third kappa shape index (κ3) is 1.93. The van der Waals surface area contributed by atoms with Crippen LogP contribution in [0.15, 0.2) is 30.3 Å². The van der Waals surface area contributed by atoms with Gasteiger partial charge in [0.05, 0.1) is 0 Å². The molecule has 13 heavy (non-hydrogen) atoms. The molecule has 68 valence electrons. The maximum atomic E-state index is 5.67.